The van der Waals surface area contributed by atoms with Gasteiger partial charge < -0.3 is 10.2 Å². The average molecular weight is 299 g/mol. The van der Waals surface area contributed by atoms with Gasteiger partial charge in [-0.15, -0.1) is 0 Å². The summed E-state index contributed by atoms with van der Waals surface area (Å²) in [5.41, 5.74) is 2.24. The van der Waals surface area contributed by atoms with E-state index in [-0.39, 0.29) is 0 Å². The lowest BCUT2D eigenvalue weighted by atomic mass is 10.1. The van der Waals surface area contributed by atoms with E-state index in [2.05, 4.69) is 49.3 Å². The molecule has 0 aliphatic heterocycles. The maximum Gasteiger partial charge on any atom is 0.0862 e. The monoisotopic (exact) mass is 298 g/mol. The zero-order chi connectivity index (χ0) is 15.0. The van der Waals surface area contributed by atoms with E-state index in [1.807, 2.05) is 4.68 Å². The van der Waals surface area contributed by atoms with Crippen LogP contribution in [-0.4, -0.2) is 48.4 Å². The van der Waals surface area contributed by atoms with Gasteiger partial charge in [0.15, 0.2) is 0 Å². The molecule has 20 heavy (non-hydrogen) atoms. The van der Waals surface area contributed by atoms with Gasteiger partial charge in [0.05, 0.1) is 23.5 Å². The van der Waals surface area contributed by atoms with Crippen LogP contribution in [0.1, 0.15) is 32.4 Å². The molecule has 4 nitrogen and oxygen atoms in total. The van der Waals surface area contributed by atoms with Crippen molar-refractivity contribution in [2.45, 2.75) is 33.2 Å². The summed E-state index contributed by atoms with van der Waals surface area (Å²) in [6.07, 6.45) is 6.16. The number of halogens is 1. The Bertz CT molecular complexity index is 424. The van der Waals surface area contributed by atoms with Gasteiger partial charge in [-0.25, -0.2) is 0 Å². The summed E-state index contributed by atoms with van der Waals surface area (Å²) in [4.78, 5) is 2.15. The van der Waals surface area contributed by atoms with Gasteiger partial charge in [0, 0.05) is 6.54 Å². The molecule has 0 spiro atoms. The van der Waals surface area contributed by atoms with E-state index in [1.165, 1.54) is 12.0 Å². The Morgan fingerprint density at radius 3 is 2.85 bits per heavy atom. The summed E-state index contributed by atoms with van der Waals surface area (Å²) in [5.74, 6) is 0. The Hall–Kier alpha value is -0.840. The molecule has 5 heteroatoms. The summed E-state index contributed by atoms with van der Waals surface area (Å²) in [6.45, 7) is 8.18. The van der Waals surface area contributed by atoms with Crippen molar-refractivity contribution < 1.29 is 0 Å². The summed E-state index contributed by atoms with van der Waals surface area (Å²) in [7, 11) is 4.12. The fraction of sp³-hybridized carbons (Fsp3) is 0.667. The molecular weight excluding hydrogens is 272 g/mol. The molecule has 1 N–H and O–H groups in total. The summed E-state index contributed by atoms with van der Waals surface area (Å²) in [5, 5.41) is 8.50. The molecule has 0 bridgehead atoms. The van der Waals surface area contributed by atoms with Gasteiger partial charge >= 0.3 is 0 Å². The van der Waals surface area contributed by atoms with Crippen LogP contribution in [0.15, 0.2) is 12.3 Å². The molecule has 0 saturated carbocycles. The topological polar surface area (TPSA) is 33.1 Å². The molecule has 0 fully saturated rings. The van der Waals surface area contributed by atoms with Crippen LogP contribution in [-0.2, 0) is 6.54 Å². The van der Waals surface area contributed by atoms with Crippen LogP contribution in [0.2, 0.25) is 5.02 Å². The maximum absolute atomic E-state index is 6.26. The molecule has 1 aromatic heterocycles. The second kappa shape index (κ2) is 9.16. The zero-order valence-electron chi connectivity index (χ0n) is 13.1. The van der Waals surface area contributed by atoms with E-state index in [4.69, 9.17) is 11.6 Å². The maximum atomic E-state index is 6.26. The minimum Gasteiger partial charge on any atom is -0.316 e. The van der Waals surface area contributed by atoms with Crippen LogP contribution in [0, 0.1) is 0 Å². The van der Waals surface area contributed by atoms with Crippen molar-refractivity contribution in [3.05, 3.63) is 23.0 Å². The largest absolute Gasteiger partial charge is 0.316 e. The highest BCUT2D eigenvalue weighted by molar-refractivity contribution is 6.32. The number of allylic oxidation sites excluding steroid dienone is 1. The van der Waals surface area contributed by atoms with Crippen LogP contribution in [0.5, 0.6) is 0 Å². The number of hydrogen-bond donors (Lipinski definition) is 1. The van der Waals surface area contributed by atoms with Crippen LogP contribution in [0.3, 0.4) is 0 Å². The SMILES string of the molecule is CCCNCC/C=C(/C)c1c(Cl)cnn1CCN(C)C. The Kier molecular flexibility index (Phi) is 7.88. The van der Waals surface area contributed by atoms with Gasteiger partial charge in [-0.2, -0.15) is 5.10 Å². The standard InChI is InChI=1S/C15H27ClN4/c1-5-8-17-9-6-7-13(2)15-14(16)12-18-20(15)11-10-19(3)4/h7,12,17H,5-6,8-11H2,1-4H3/b13-7-. The van der Waals surface area contributed by atoms with E-state index < -0.39 is 0 Å². The Morgan fingerprint density at radius 2 is 2.20 bits per heavy atom. The lowest BCUT2D eigenvalue weighted by molar-refractivity contribution is 0.372. The van der Waals surface area contributed by atoms with E-state index >= 15 is 0 Å². The van der Waals surface area contributed by atoms with Crippen molar-refractivity contribution in [1.29, 1.82) is 0 Å². The van der Waals surface area contributed by atoms with Crippen molar-refractivity contribution in [3.63, 3.8) is 0 Å². The first-order chi connectivity index (χ1) is 9.56. The third-order valence-electron chi connectivity index (χ3n) is 3.13. The third-order valence-corrected chi connectivity index (χ3v) is 3.40. The summed E-state index contributed by atoms with van der Waals surface area (Å²) >= 11 is 6.26. The van der Waals surface area contributed by atoms with Crippen LogP contribution < -0.4 is 5.32 Å². The second-order valence-electron chi connectivity index (χ2n) is 5.29. The van der Waals surface area contributed by atoms with Crippen LogP contribution >= 0.6 is 11.6 Å². The van der Waals surface area contributed by atoms with E-state index in [9.17, 15) is 0 Å². The molecule has 0 unspecified atom stereocenters. The van der Waals surface area contributed by atoms with Crippen molar-refractivity contribution >= 4 is 17.2 Å². The molecule has 0 saturated heterocycles. The van der Waals surface area contributed by atoms with Crippen molar-refractivity contribution in [2.75, 3.05) is 33.7 Å². The van der Waals surface area contributed by atoms with Gasteiger partial charge in [-0.05, 0) is 52.5 Å². The molecule has 114 valence electrons. The van der Waals surface area contributed by atoms with Crippen LogP contribution in [0.4, 0.5) is 0 Å². The lowest BCUT2D eigenvalue weighted by Crippen LogP contribution is -2.20. The number of hydrogen-bond acceptors (Lipinski definition) is 3. The number of nitrogens with one attached hydrogen (secondary N) is 1. The van der Waals surface area contributed by atoms with E-state index in [0.29, 0.717) is 0 Å². The number of aromatic nitrogens is 2. The number of likely N-dealkylation sites (N-methyl/N-ethyl adjacent to an activating group) is 1. The highest BCUT2D eigenvalue weighted by atomic mass is 35.5. The van der Waals surface area contributed by atoms with E-state index in [0.717, 1.165) is 43.3 Å². The molecule has 1 heterocycles. The van der Waals surface area contributed by atoms with Crippen LogP contribution in [0.25, 0.3) is 5.57 Å². The van der Waals surface area contributed by atoms with Crippen molar-refractivity contribution in [1.82, 2.24) is 20.0 Å². The molecule has 0 aliphatic rings. The average Bonchev–Trinajstić information content (AvgIpc) is 2.77. The van der Waals surface area contributed by atoms with Gasteiger partial charge in [0.1, 0.15) is 0 Å². The molecular formula is C15H27ClN4. The number of nitrogens with zero attached hydrogens (tertiary/aromatic N) is 3. The minimum absolute atomic E-state index is 0.735. The first-order valence-electron chi connectivity index (χ1n) is 7.30. The van der Waals surface area contributed by atoms with Gasteiger partial charge in [0.25, 0.3) is 0 Å². The predicted molar refractivity (Wildman–Crippen MR) is 87.2 cm³/mol. The fourth-order valence-corrected chi connectivity index (χ4v) is 2.30. The molecule has 0 aliphatic carbocycles. The molecule has 0 aromatic carbocycles. The van der Waals surface area contributed by atoms with Gasteiger partial charge in [-0.1, -0.05) is 24.6 Å². The molecule has 1 aromatic rings. The number of rotatable bonds is 9. The Morgan fingerprint density at radius 1 is 1.45 bits per heavy atom. The smallest absolute Gasteiger partial charge is 0.0862 e. The first-order valence-corrected chi connectivity index (χ1v) is 7.68. The molecule has 1 rings (SSSR count). The van der Waals surface area contributed by atoms with Gasteiger partial charge in [0.2, 0.25) is 0 Å². The first kappa shape index (κ1) is 17.2. The minimum atomic E-state index is 0.735. The zero-order valence-corrected chi connectivity index (χ0v) is 13.9. The Labute approximate surface area is 127 Å². The highest BCUT2D eigenvalue weighted by Gasteiger charge is 2.10. The summed E-state index contributed by atoms with van der Waals surface area (Å²) in [6, 6.07) is 0. The fourth-order valence-electron chi connectivity index (χ4n) is 2.01. The molecule has 0 atom stereocenters. The predicted octanol–water partition coefficient (Wildman–Crippen LogP) is 2.89. The molecule has 0 radical (unpaired) electrons. The van der Waals surface area contributed by atoms with E-state index in [1.54, 1.807) is 6.20 Å². The second-order valence-corrected chi connectivity index (χ2v) is 5.70. The highest BCUT2D eigenvalue weighted by Crippen LogP contribution is 2.23. The quantitative estimate of drug-likeness (QED) is 0.712. The summed E-state index contributed by atoms with van der Waals surface area (Å²) < 4.78 is 1.99. The van der Waals surface area contributed by atoms with Crippen molar-refractivity contribution in [3.8, 4) is 0 Å². The van der Waals surface area contributed by atoms with Gasteiger partial charge in [-0.3, -0.25) is 4.68 Å². The Balaban J connectivity index is 2.63. The third kappa shape index (κ3) is 5.65. The van der Waals surface area contributed by atoms with Crippen molar-refractivity contribution in [2.24, 2.45) is 0 Å². The normalized spacial score (nSPS) is 12.4. The molecule has 0 amide bonds. The lowest BCUT2D eigenvalue weighted by Gasteiger charge is -2.12.